The molecule has 0 saturated carbocycles. The van der Waals surface area contributed by atoms with Crippen molar-refractivity contribution in [1.29, 1.82) is 0 Å². The predicted octanol–water partition coefficient (Wildman–Crippen LogP) is 3.02. The molecule has 0 aliphatic heterocycles. The van der Waals surface area contributed by atoms with E-state index >= 15 is 0 Å². The number of allylic oxidation sites excluding steroid dienone is 4. The van der Waals surface area contributed by atoms with Gasteiger partial charge in [0.1, 0.15) is 0 Å². The molecule has 0 saturated heterocycles. The van der Waals surface area contributed by atoms with E-state index in [0.29, 0.717) is 11.6 Å². The quantitative estimate of drug-likeness (QED) is 0.559. The average Bonchev–Trinajstić information content (AvgIpc) is 2.34. The van der Waals surface area contributed by atoms with Gasteiger partial charge in [-0.25, -0.2) is 0 Å². The molecular weight excluding hydrogens is 181 g/mol. The lowest BCUT2D eigenvalue weighted by molar-refractivity contribution is -0.0546. The Morgan fingerprint density at radius 1 is 1.42 bits per heavy atom. The van der Waals surface area contributed by atoms with Crippen molar-refractivity contribution in [3.63, 3.8) is 0 Å². The van der Waals surface area contributed by atoms with Gasteiger partial charge in [-0.05, 0) is 17.7 Å². The first kappa shape index (κ1) is 9.57. The third-order valence-corrected chi connectivity index (χ3v) is 5.18. The van der Waals surface area contributed by atoms with Crippen LogP contribution in [0, 0.1) is 6.08 Å². The number of hydrogen-bond acceptors (Lipinski definition) is 0. The molecule has 1 aliphatic rings. The van der Waals surface area contributed by atoms with Crippen LogP contribution in [0.25, 0.3) is 0 Å². The summed E-state index contributed by atoms with van der Waals surface area (Å²) >= 11 is 0. The van der Waals surface area contributed by atoms with Crippen molar-refractivity contribution in [2.75, 3.05) is 0 Å². The normalized spacial score (nSPS) is 18.2. The Hall–Kier alpha value is -0.513. The van der Waals surface area contributed by atoms with E-state index in [4.69, 9.17) is 0 Å². The van der Waals surface area contributed by atoms with Gasteiger partial charge in [0.2, 0.25) is 8.07 Å². The molecule has 0 N–H and O–H groups in total. The second-order valence-electron chi connectivity index (χ2n) is 3.32. The lowest BCUT2D eigenvalue weighted by Crippen LogP contribution is -2.46. The average molecular weight is 191 g/mol. The molecule has 0 spiro atoms. The second kappa shape index (κ2) is 2.76. The van der Waals surface area contributed by atoms with E-state index < -0.39 is 13.9 Å². The van der Waals surface area contributed by atoms with Crippen LogP contribution in [0.4, 0.5) is 13.2 Å². The van der Waals surface area contributed by atoms with Crippen LogP contribution in [0.1, 0.15) is 6.42 Å². The Bertz CT molecular complexity index is 235. The summed E-state index contributed by atoms with van der Waals surface area (Å²) in [6.07, 6.45) is 6.55. The molecule has 1 aliphatic carbocycles. The third kappa shape index (κ3) is 1.48. The van der Waals surface area contributed by atoms with Gasteiger partial charge < -0.3 is 0 Å². The minimum absolute atomic E-state index is 0.384. The predicted molar refractivity (Wildman–Crippen MR) is 44.1 cm³/mol. The molecule has 67 valence electrons. The summed E-state index contributed by atoms with van der Waals surface area (Å²) < 4.78 is 37.4. The van der Waals surface area contributed by atoms with Crippen LogP contribution in [0.15, 0.2) is 17.3 Å². The third-order valence-electron chi connectivity index (χ3n) is 2.08. The molecule has 0 aromatic heterocycles. The van der Waals surface area contributed by atoms with Gasteiger partial charge in [-0.3, -0.25) is 0 Å². The maximum Gasteiger partial charge on any atom is 0.365 e. The number of rotatable bonds is 1. The monoisotopic (exact) mass is 191 g/mol. The van der Waals surface area contributed by atoms with Crippen molar-refractivity contribution in [1.82, 2.24) is 0 Å². The van der Waals surface area contributed by atoms with Crippen molar-refractivity contribution < 1.29 is 13.2 Å². The van der Waals surface area contributed by atoms with Crippen LogP contribution in [0.5, 0.6) is 0 Å². The molecule has 12 heavy (non-hydrogen) atoms. The fourth-order valence-electron chi connectivity index (χ4n) is 0.987. The maximum absolute atomic E-state index is 12.5. The van der Waals surface area contributed by atoms with Crippen molar-refractivity contribution in [3.8, 4) is 0 Å². The second-order valence-corrected chi connectivity index (χ2v) is 7.68. The van der Waals surface area contributed by atoms with Gasteiger partial charge in [-0.15, -0.1) is 0 Å². The van der Waals surface area contributed by atoms with Crippen molar-refractivity contribution in [2.45, 2.75) is 25.3 Å². The highest BCUT2D eigenvalue weighted by atomic mass is 28.3. The Morgan fingerprint density at radius 2 is 2.00 bits per heavy atom. The molecule has 0 bridgehead atoms. The van der Waals surface area contributed by atoms with E-state index in [1.807, 2.05) is 0 Å². The summed E-state index contributed by atoms with van der Waals surface area (Å²) in [5, 5.41) is 0.384. The van der Waals surface area contributed by atoms with Gasteiger partial charge in [0.15, 0.2) is 0 Å². The highest BCUT2D eigenvalue weighted by Crippen LogP contribution is 2.35. The van der Waals surface area contributed by atoms with Crippen LogP contribution >= 0.6 is 0 Å². The number of hydrogen-bond donors (Lipinski definition) is 0. The van der Waals surface area contributed by atoms with Crippen LogP contribution in [-0.2, 0) is 0 Å². The van der Waals surface area contributed by atoms with Crippen molar-refractivity contribution in [2.24, 2.45) is 0 Å². The first-order chi connectivity index (χ1) is 5.36. The fraction of sp³-hybridized carbons (Fsp3) is 0.500. The molecule has 0 unspecified atom stereocenters. The lowest BCUT2D eigenvalue weighted by atomic mass is 10.5. The summed E-state index contributed by atoms with van der Waals surface area (Å²) in [5.41, 5.74) is 0. The summed E-state index contributed by atoms with van der Waals surface area (Å²) in [6.45, 7) is 2.62. The van der Waals surface area contributed by atoms with Crippen LogP contribution in [-0.4, -0.2) is 13.9 Å². The first-order valence-electron chi connectivity index (χ1n) is 3.70. The molecule has 4 heteroatoms. The molecule has 0 nitrogen and oxygen atoms in total. The molecule has 0 heterocycles. The van der Waals surface area contributed by atoms with Gasteiger partial charge in [0.25, 0.3) is 0 Å². The molecule has 1 radical (unpaired) electrons. The molecule has 0 aromatic rings. The largest absolute Gasteiger partial charge is 0.365 e. The zero-order valence-electron chi connectivity index (χ0n) is 7.00. The summed E-state index contributed by atoms with van der Waals surface area (Å²) in [6, 6.07) is 0. The van der Waals surface area contributed by atoms with Gasteiger partial charge >= 0.3 is 5.80 Å². The van der Waals surface area contributed by atoms with E-state index in [2.05, 4.69) is 6.08 Å². The summed E-state index contributed by atoms with van der Waals surface area (Å²) in [4.78, 5) is 0. The molecule has 1 rings (SSSR count). The Balaban J connectivity index is 2.92. The van der Waals surface area contributed by atoms with E-state index in [-0.39, 0.29) is 0 Å². The first-order valence-corrected chi connectivity index (χ1v) is 6.70. The molecule has 0 aromatic carbocycles. The topological polar surface area (TPSA) is 0 Å². The van der Waals surface area contributed by atoms with E-state index in [1.54, 1.807) is 12.2 Å². The van der Waals surface area contributed by atoms with Gasteiger partial charge in [0.05, 0.1) is 0 Å². The highest BCUT2D eigenvalue weighted by molar-refractivity contribution is 6.86. The Morgan fingerprint density at radius 3 is 2.33 bits per heavy atom. The van der Waals surface area contributed by atoms with Gasteiger partial charge in [-0.1, -0.05) is 25.2 Å². The molecular formula is C8H10F3Si. The lowest BCUT2D eigenvalue weighted by Gasteiger charge is -2.25. The van der Waals surface area contributed by atoms with Crippen LogP contribution < -0.4 is 0 Å². The van der Waals surface area contributed by atoms with E-state index in [1.165, 1.54) is 13.1 Å². The van der Waals surface area contributed by atoms with E-state index in [0.717, 1.165) is 0 Å². The Kier molecular flexibility index (Phi) is 2.20. The molecule has 0 fully saturated rings. The van der Waals surface area contributed by atoms with Gasteiger partial charge in [-0.2, -0.15) is 13.2 Å². The van der Waals surface area contributed by atoms with Crippen molar-refractivity contribution >= 4 is 8.07 Å². The zero-order chi connectivity index (χ0) is 9.41. The molecule has 0 atom stereocenters. The van der Waals surface area contributed by atoms with Crippen LogP contribution in [0.2, 0.25) is 13.1 Å². The standard InChI is InChI=1S/C8H10F3Si/c1-12(2,8(9,10)11)7-5-3-4-6-7/h3,5H,4H2,1-2H3. The van der Waals surface area contributed by atoms with Crippen molar-refractivity contribution in [3.05, 3.63) is 23.4 Å². The smallest absolute Gasteiger partial charge is 0.176 e. The van der Waals surface area contributed by atoms with Crippen LogP contribution in [0.3, 0.4) is 0 Å². The zero-order valence-corrected chi connectivity index (χ0v) is 8.00. The maximum atomic E-state index is 12.5. The minimum atomic E-state index is -4.05. The summed E-state index contributed by atoms with van der Waals surface area (Å²) in [5.74, 6) is -4.05. The Labute approximate surface area is 70.8 Å². The fourth-order valence-corrected chi connectivity index (χ4v) is 2.37. The molecule has 0 amide bonds. The van der Waals surface area contributed by atoms with E-state index in [9.17, 15) is 13.2 Å². The number of alkyl halides is 3. The highest BCUT2D eigenvalue weighted by Gasteiger charge is 2.51. The van der Waals surface area contributed by atoms with Gasteiger partial charge in [0, 0.05) is 0 Å². The number of halogens is 3. The SMILES string of the molecule is C[Si](C)(C1=[C]CC=C1)C(F)(F)F. The summed E-state index contributed by atoms with van der Waals surface area (Å²) in [7, 11) is -3.25. The minimum Gasteiger partial charge on any atom is -0.176 e.